The molecule has 0 aromatic carbocycles. The highest BCUT2D eigenvalue weighted by atomic mass is 16.1. The van der Waals surface area contributed by atoms with E-state index < -0.39 is 0 Å². The third-order valence-electron chi connectivity index (χ3n) is 2.76. The SMILES string of the molecule is CCCCC(CC)CC(=O)NCC(C)(C)N. The molecule has 1 amide bonds. The van der Waals surface area contributed by atoms with E-state index in [9.17, 15) is 4.79 Å². The molecule has 96 valence electrons. The summed E-state index contributed by atoms with van der Waals surface area (Å²) in [5.41, 5.74) is 5.49. The quantitative estimate of drug-likeness (QED) is 0.670. The van der Waals surface area contributed by atoms with Crippen molar-refractivity contribution in [3.8, 4) is 0 Å². The Morgan fingerprint density at radius 3 is 2.44 bits per heavy atom. The number of carbonyl (C=O) groups excluding carboxylic acids is 1. The van der Waals surface area contributed by atoms with Gasteiger partial charge in [0, 0.05) is 18.5 Å². The van der Waals surface area contributed by atoms with Crippen LogP contribution in [0.25, 0.3) is 0 Å². The van der Waals surface area contributed by atoms with Gasteiger partial charge in [-0.05, 0) is 26.2 Å². The summed E-state index contributed by atoms with van der Waals surface area (Å²) >= 11 is 0. The molecule has 0 aromatic rings. The summed E-state index contributed by atoms with van der Waals surface area (Å²) in [4.78, 5) is 11.7. The lowest BCUT2D eigenvalue weighted by atomic mass is 9.95. The van der Waals surface area contributed by atoms with Gasteiger partial charge in [-0.15, -0.1) is 0 Å². The van der Waals surface area contributed by atoms with E-state index in [0.717, 1.165) is 12.8 Å². The lowest BCUT2D eigenvalue weighted by Gasteiger charge is -2.20. The molecule has 0 fully saturated rings. The fraction of sp³-hybridized carbons (Fsp3) is 0.923. The summed E-state index contributed by atoms with van der Waals surface area (Å²) < 4.78 is 0. The molecule has 0 aromatic heterocycles. The summed E-state index contributed by atoms with van der Waals surface area (Å²) in [6, 6.07) is 0. The predicted octanol–water partition coefficient (Wildman–Crippen LogP) is 2.45. The molecule has 0 rings (SSSR count). The molecule has 16 heavy (non-hydrogen) atoms. The van der Waals surface area contributed by atoms with E-state index in [-0.39, 0.29) is 11.4 Å². The van der Waals surface area contributed by atoms with Crippen LogP contribution in [0.3, 0.4) is 0 Å². The first-order valence-corrected chi connectivity index (χ1v) is 6.44. The number of nitrogens with one attached hydrogen (secondary N) is 1. The van der Waals surface area contributed by atoms with Gasteiger partial charge in [0.05, 0.1) is 0 Å². The Morgan fingerprint density at radius 2 is 2.00 bits per heavy atom. The minimum Gasteiger partial charge on any atom is -0.354 e. The fourth-order valence-corrected chi connectivity index (χ4v) is 1.60. The summed E-state index contributed by atoms with van der Waals surface area (Å²) in [7, 11) is 0. The van der Waals surface area contributed by atoms with Gasteiger partial charge in [-0.3, -0.25) is 4.79 Å². The average Bonchev–Trinajstić information content (AvgIpc) is 2.20. The number of carbonyl (C=O) groups is 1. The van der Waals surface area contributed by atoms with Gasteiger partial charge < -0.3 is 11.1 Å². The predicted molar refractivity (Wildman–Crippen MR) is 69.2 cm³/mol. The first-order chi connectivity index (χ1) is 7.39. The van der Waals surface area contributed by atoms with Gasteiger partial charge in [-0.1, -0.05) is 33.1 Å². The number of nitrogens with two attached hydrogens (primary N) is 1. The molecule has 3 heteroatoms. The molecule has 1 atom stereocenters. The normalized spacial score (nSPS) is 13.6. The Balaban J connectivity index is 3.83. The molecule has 1 unspecified atom stereocenters. The van der Waals surface area contributed by atoms with Gasteiger partial charge in [-0.25, -0.2) is 0 Å². The monoisotopic (exact) mass is 228 g/mol. The number of hydrogen-bond donors (Lipinski definition) is 2. The maximum absolute atomic E-state index is 11.7. The first-order valence-electron chi connectivity index (χ1n) is 6.44. The van der Waals surface area contributed by atoms with Gasteiger partial charge in [0.15, 0.2) is 0 Å². The van der Waals surface area contributed by atoms with E-state index in [1.165, 1.54) is 12.8 Å². The van der Waals surface area contributed by atoms with Crippen LogP contribution in [0.1, 0.15) is 59.8 Å². The smallest absolute Gasteiger partial charge is 0.220 e. The van der Waals surface area contributed by atoms with Gasteiger partial charge in [-0.2, -0.15) is 0 Å². The highest BCUT2D eigenvalue weighted by molar-refractivity contribution is 5.76. The van der Waals surface area contributed by atoms with Crippen LogP contribution in [0, 0.1) is 5.92 Å². The minimum atomic E-state index is -0.319. The van der Waals surface area contributed by atoms with Crippen LogP contribution in [0.2, 0.25) is 0 Å². The van der Waals surface area contributed by atoms with E-state index in [1.807, 2.05) is 13.8 Å². The van der Waals surface area contributed by atoms with Crippen LogP contribution in [0.15, 0.2) is 0 Å². The topological polar surface area (TPSA) is 55.1 Å². The second kappa shape index (κ2) is 7.66. The highest BCUT2D eigenvalue weighted by Gasteiger charge is 2.15. The molecule has 0 saturated heterocycles. The lowest BCUT2D eigenvalue weighted by Crippen LogP contribution is -2.45. The third-order valence-corrected chi connectivity index (χ3v) is 2.76. The van der Waals surface area contributed by atoms with Crippen molar-refractivity contribution in [3.05, 3.63) is 0 Å². The standard InChI is InChI=1S/C13H28N2O/c1-5-7-8-11(6-2)9-12(16)15-10-13(3,4)14/h11H,5-10,14H2,1-4H3,(H,15,16). The van der Waals surface area contributed by atoms with Gasteiger partial charge in [0.1, 0.15) is 0 Å². The summed E-state index contributed by atoms with van der Waals surface area (Å²) in [5, 5.41) is 2.90. The second-order valence-electron chi connectivity index (χ2n) is 5.39. The molecule has 0 saturated carbocycles. The van der Waals surface area contributed by atoms with E-state index in [1.54, 1.807) is 0 Å². The fourth-order valence-electron chi connectivity index (χ4n) is 1.60. The Bertz CT molecular complexity index is 197. The average molecular weight is 228 g/mol. The maximum Gasteiger partial charge on any atom is 0.220 e. The first kappa shape index (κ1) is 15.4. The molecule has 0 aliphatic carbocycles. The molecule has 0 spiro atoms. The Morgan fingerprint density at radius 1 is 1.38 bits per heavy atom. The molecule has 0 bridgehead atoms. The van der Waals surface area contributed by atoms with Crippen LogP contribution in [-0.2, 0) is 4.79 Å². The number of amides is 1. The Labute approximate surface area is 100 Å². The zero-order chi connectivity index (χ0) is 12.6. The van der Waals surface area contributed by atoms with E-state index in [4.69, 9.17) is 5.73 Å². The highest BCUT2D eigenvalue weighted by Crippen LogP contribution is 2.16. The van der Waals surface area contributed by atoms with Gasteiger partial charge in [0.25, 0.3) is 0 Å². The minimum absolute atomic E-state index is 0.140. The molecule has 0 heterocycles. The zero-order valence-electron chi connectivity index (χ0n) is 11.3. The van der Waals surface area contributed by atoms with Crippen molar-refractivity contribution in [2.75, 3.05) is 6.54 Å². The zero-order valence-corrected chi connectivity index (χ0v) is 11.3. The van der Waals surface area contributed by atoms with Crippen molar-refractivity contribution in [3.63, 3.8) is 0 Å². The van der Waals surface area contributed by atoms with Crippen molar-refractivity contribution in [1.29, 1.82) is 0 Å². The lowest BCUT2D eigenvalue weighted by molar-refractivity contribution is -0.122. The third kappa shape index (κ3) is 8.72. The molecular formula is C13H28N2O. The van der Waals surface area contributed by atoms with E-state index in [0.29, 0.717) is 18.9 Å². The number of unbranched alkanes of at least 4 members (excludes halogenated alkanes) is 1. The molecule has 0 aliphatic rings. The van der Waals surface area contributed by atoms with Crippen LogP contribution in [0.5, 0.6) is 0 Å². The Kier molecular flexibility index (Phi) is 7.39. The maximum atomic E-state index is 11.7. The van der Waals surface area contributed by atoms with E-state index in [2.05, 4.69) is 19.2 Å². The van der Waals surface area contributed by atoms with Crippen LogP contribution >= 0.6 is 0 Å². The van der Waals surface area contributed by atoms with Gasteiger partial charge >= 0.3 is 0 Å². The van der Waals surface area contributed by atoms with Crippen molar-refractivity contribution >= 4 is 5.91 Å². The van der Waals surface area contributed by atoms with Crippen molar-refractivity contribution in [2.45, 2.75) is 65.3 Å². The van der Waals surface area contributed by atoms with E-state index >= 15 is 0 Å². The molecule has 3 N–H and O–H groups in total. The molecule has 0 radical (unpaired) electrons. The second-order valence-corrected chi connectivity index (χ2v) is 5.39. The largest absolute Gasteiger partial charge is 0.354 e. The van der Waals surface area contributed by atoms with Crippen molar-refractivity contribution in [1.82, 2.24) is 5.32 Å². The summed E-state index contributed by atoms with van der Waals surface area (Å²) in [5.74, 6) is 0.669. The number of rotatable bonds is 8. The van der Waals surface area contributed by atoms with Crippen molar-refractivity contribution < 1.29 is 4.79 Å². The van der Waals surface area contributed by atoms with Gasteiger partial charge in [0.2, 0.25) is 5.91 Å². The summed E-state index contributed by atoms with van der Waals surface area (Å²) in [6.45, 7) is 8.73. The number of hydrogen-bond acceptors (Lipinski definition) is 2. The van der Waals surface area contributed by atoms with Crippen molar-refractivity contribution in [2.24, 2.45) is 11.7 Å². The van der Waals surface area contributed by atoms with Crippen LogP contribution in [-0.4, -0.2) is 18.0 Å². The Hall–Kier alpha value is -0.570. The summed E-state index contributed by atoms with van der Waals surface area (Å²) in [6.07, 6.45) is 5.31. The molecule has 0 aliphatic heterocycles. The molecule has 3 nitrogen and oxygen atoms in total. The van der Waals surface area contributed by atoms with Crippen LogP contribution < -0.4 is 11.1 Å². The molecular weight excluding hydrogens is 200 g/mol. The van der Waals surface area contributed by atoms with Crippen LogP contribution in [0.4, 0.5) is 0 Å².